The van der Waals surface area contributed by atoms with E-state index in [0.717, 1.165) is 38.1 Å². The van der Waals surface area contributed by atoms with Crippen molar-refractivity contribution in [1.82, 2.24) is 5.01 Å². The van der Waals surface area contributed by atoms with Gasteiger partial charge in [-0.05, 0) is 24.6 Å². The maximum atomic E-state index is 12.6. The summed E-state index contributed by atoms with van der Waals surface area (Å²) >= 11 is 9.51. The molecule has 3 rings (SSSR count). The van der Waals surface area contributed by atoms with Gasteiger partial charge in [-0.25, -0.2) is 10.9 Å². The molecule has 1 aromatic carbocycles. The Balaban J connectivity index is 2.31. The van der Waals surface area contributed by atoms with Crippen molar-refractivity contribution >= 4 is 67.3 Å². The van der Waals surface area contributed by atoms with Gasteiger partial charge in [-0.1, -0.05) is 39.9 Å². The molecule has 0 unspecified atom stereocenters. The normalized spacial score (nSPS) is 21.6. The number of carbonyl (C=O) groups is 2. The zero-order chi connectivity index (χ0) is 15.5. The summed E-state index contributed by atoms with van der Waals surface area (Å²) in [4.78, 5) is 26.6. The third-order valence-corrected chi connectivity index (χ3v) is 5.27. The van der Waals surface area contributed by atoms with Crippen molar-refractivity contribution in [1.29, 1.82) is 0 Å². The number of hydrazine groups is 1. The second kappa shape index (κ2) is 4.91. The molecule has 2 N–H and O–H groups in total. The van der Waals surface area contributed by atoms with Gasteiger partial charge in [0.15, 0.2) is 4.32 Å². The number of hydrogen-bond acceptors (Lipinski definition) is 5. The van der Waals surface area contributed by atoms with Crippen molar-refractivity contribution in [3.63, 3.8) is 0 Å². The molecule has 2 aliphatic rings. The van der Waals surface area contributed by atoms with E-state index in [4.69, 9.17) is 18.1 Å². The highest BCUT2D eigenvalue weighted by molar-refractivity contribution is 9.10. The smallest absolute Gasteiger partial charge is 0.281 e. The van der Waals surface area contributed by atoms with Gasteiger partial charge in [-0.3, -0.25) is 9.59 Å². The molecule has 0 aromatic heterocycles. The van der Waals surface area contributed by atoms with Crippen molar-refractivity contribution in [2.75, 3.05) is 11.9 Å². The molecule has 0 radical (unpaired) electrons. The first-order valence-electron chi connectivity index (χ1n) is 5.96. The number of aryl methyl sites for hydroxylation is 1. The summed E-state index contributed by atoms with van der Waals surface area (Å²) in [7, 11) is 1.69. The molecule has 1 saturated heterocycles. The van der Waals surface area contributed by atoms with Crippen LogP contribution >= 0.6 is 39.9 Å². The molecule has 0 spiro atoms. The molecule has 0 atom stereocenters. The fourth-order valence-electron chi connectivity index (χ4n) is 2.51. The average Bonchev–Trinajstić information content (AvgIpc) is 2.79. The third kappa shape index (κ3) is 2.05. The molecular formula is C13H10BrN3O2S2. The second-order valence-electron chi connectivity index (χ2n) is 4.73. The first-order chi connectivity index (χ1) is 9.82. The van der Waals surface area contributed by atoms with Gasteiger partial charge >= 0.3 is 0 Å². The molecule has 0 bridgehead atoms. The number of anilines is 1. The molecule has 2 aliphatic heterocycles. The van der Waals surface area contributed by atoms with Gasteiger partial charge in [0.05, 0.1) is 16.2 Å². The van der Waals surface area contributed by atoms with E-state index in [2.05, 4.69) is 15.9 Å². The van der Waals surface area contributed by atoms with E-state index in [9.17, 15) is 9.59 Å². The monoisotopic (exact) mass is 383 g/mol. The largest absolute Gasteiger partial charge is 0.310 e. The van der Waals surface area contributed by atoms with Crippen LogP contribution in [0.25, 0.3) is 5.57 Å². The Bertz CT molecular complexity index is 760. The van der Waals surface area contributed by atoms with E-state index in [-0.39, 0.29) is 15.1 Å². The molecule has 0 saturated carbocycles. The van der Waals surface area contributed by atoms with E-state index >= 15 is 0 Å². The minimum atomic E-state index is -0.438. The number of thioether (sulfide) groups is 1. The topological polar surface area (TPSA) is 66.6 Å². The van der Waals surface area contributed by atoms with Crippen LogP contribution in [0.4, 0.5) is 5.69 Å². The van der Waals surface area contributed by atoms with Crippen LogP contribution in [0.2, 0.25) is 0 Å². The summed E-state index contributed by atoms with van der Waals surface area (Å²) in [5, 5.41) is 0.901. The molecule has 21 heavy (non-hydrogen) atoms. The zero-order valence-corrected chi connectivity index (χ0v) is 14.4. The minimum Gasteiger partial charge on any atom is -0.310 e. The lowest BCUT2D eigenvalue weighted by atomic mass is 10.0. The molecule has 8 heteroatoms. The lowest BCUT2D eigenvalue weighted by Gasteiger charge is -2.12. The van der Waals surface area contributed by atoms with Crippen LogP contribution < -0.4 is 10.7 Å². The zero-order valence-electron chi connectivity index (χ0n) is 11.1. The van der Waals surface area contributed by atoms with Crippen molar-refractivity contribution < 1.29 is 9.59 Å². The number of halogens is 1. The van der Waals surface area contributed by atoms with Crippen molar-refractivity contribution in [3.8, 4) is 0 Å². The van der Waals surface area contributed by atoms with Gasteiger partial charge in [0, 0.05) is 17.1 Å². The van der Waals surface area contributed by atoms with E-state index < -0.39 is 5.91 Å². The van der Waals surface area contributed by atoms with Crippen LogP contribution in [0.3, 0.4) is 0 Å². The fourth-order valence-corrected chi connectivity index (χ4v) is 4.25. The predicted octanol–water partition coefficient (Wildman–Crippen LogP) is 2.18. The fraction of sp³-hybridized carbons (Fsp3) is 0.154. The minimum absolute atomic E-state index is 0.222. The van der Waals surface area contributed by atoms with E-state index in [1.807, 2.05) is 19.1 Å². The molecule has 2 heterocycles. The summed E-state index contributed by atoms with van der Waals surface area (Å²) in [6.45, 7) is 1.92. The van der Waals surface area contributed by atoms with Crippen LogP contribution in [0.1, 0.15) is 11.1 Å². The number of nitrogens with two attached hydrogens (primary N) is 1. The highest BCUT2D eigenvalue weighted by Crippen LogP contribution is 2.45. The lowest BCUT2D eigenvalue weighted by Crippen LogP contribution is -2.35. The number of nitrogens with zero attached hydrogens (tertiary/aromatic N) is 2. The van der Waals surface area contributed by atoms with Crippen molar-refractivity contribution in [2.24, 2.45) is 5.84 Å². The van der Waals surface area contributed by atoms with Crippen LogP contribution in [0.15, 0.2) is 21.5 Å². The summed E-state index contributed by atoms with van der Waals surface area (Å²) in [6.07, 6.45) is 0. The number of amides is 2. The number of carbonyl (C=O) groups excluding carboxylic acids is 2. The number of rotatable bonds is 0. The summed E-state index contributed by atoms with van der Waals surface area (Å²) in [5.41, 5.74) is 2.85. The Labute approximate surface area is 139 Å². The number of likely N-dealkylation sites (N-methyl/N-ethyl adjacent to an activating group) is 1. The van der Waals surface area contributed by atoms with Gasteiger partial charge in [0.25, 0.3) is 11.8 Å². The molecule has 2 amide bonds. The van der Waals surface area contributed by atoms with E-state index in [1.165, 1.54) is 0 Å². The average molecular weight is 384 g/mol. The second-order valence-corrected chi connectivity index (χ2v) is 7.29. The Kier molecular flexibility index (Phi) is 3.44. The Morgan fingerprint density at radius 1 is 1.29 bits per heavy atom. The van der Waals surface area contributed by atoms with Crippen LogP contribution in [0, 0.1) is 6.92 Å². The maximum absolute atomic E-state index is 12.6. The SMILES string of the molecule is Cc1cc(Br)cc2c1N(C)C(=O)/C2=C1\SC(=S)N(N)C1=O. The number of fused-ring (bicyclic) bond motifs is 1. The first kappa shape index (κ1) is 14.7. The van der Waals surface area contributed by atoms with Crippen LogP contribution in [-0.4, -0.2) is 28.2 Å². The molecular weight excluding hydrogens is 374 g/mol. The molecule has 1 aromatic rings. The van der Waals surface area contributed by atoms with Crippen LogP contribution in [0.5, 0.6) is 0 Å². The van der Waals surface area contributed by atoms with Crippen LogP contribution in [-0.2, 0) is 9.59 Å². The number of benzene rings is 1. The quantitative estimate of drug-likeness (QED) is 0.322. The summed E-state index contributed by atoms with van der Waals surface area (Å²) < 4.78 is 1.10. The standard InChI is InChI=1S/C13H10BrN3O2S2/c1-5-3-6(14)4-7-8(11(18)16(2)9(5)7)10-12(19)17(15)13(20)21-10/h3-4H,15H2,1-2H3/b10-8-. The highest BCUT2D eigenvalue weighted by atomic mass is 79.9. The van der Waals surface area contributed by atoms with Gasteiger partial charge in [0.1, 0.15) is 0 Å². The van der Waals surface area contributed by atoms with Gasteiger partial charge in [-0.15, -0.1) is 0 Å². The van der Waals surface area contributed by atoms with E-state index in [0.29, 0.717) is 5.57 Å². The van der Waals surface area contributed by atoms with Crippen molar-refractivity contribution in [2.45, 2.75) is 6.92 Å². The molecule has 1 fully saturated rings. The number of thiocarbonyl (C=S) groups is 1. The molecule has 108 valence electrons. The Hall–Kier alpha value is -1.22. The van der Waals surface area contributed by atoms with E-state index in [1.54, 1.807) is 11.9 Å². The summed E-state index contributed by atoms with van der Waals surface area (Å²) in [5.74, 6) is 4.93. The predicted molar refractivity (Wildman–Crippen MR) is 90.4 cm³/mol. The highest BCUT2D eigenvalue weighted by Gasteiger charge is 2.40. The van der Waals surface area contributed by atoms with Gasteiger partial charge < -0.3 is 4.90 Å². The number of hydrogen-bond donors (Lipinski definition) is 1. The Morgan fingerprint density at radius 3 is 2.52 bits per heavy atom. The lowest BCUT2D eigenvalue weighted by molar-refractivity contribution is -0.122. The summed E-state index contributed by atoms with van der Waals surface area (Å²) in [6, 6.07) is 3.77. The molecule has 0 aliphatic carbocycles. The Morgan fingerprint density at radius 2 is 1.95 bits per heavy atom. The van der Waals surface area contributed by atoms with Crippen molar-refractivity contribution in [3.05, 3.63) is 32.6 Å². The first-order valence-corrected chi connectivity index (χ1v) is 7.98. The molecule has 5 nitrogen and oxygen atoms in total. The third-order valence-electron chi connectivity index (χ3n) is 3.41. The van der Waals surface area contributed by atoms with Gasteiger partial charge in [0.2, 0.25) is 0 Å². The maximum Gasteiger partial charge on any atom is 0.281 e. The van der Waals surface area contributed by atoms with Gasteiger partial charge in [-0.2, -0.15) is 0 Å².